The van der Waals surface area contributed by atoms with E-state index in [9.17, 15) is 15.3 Å². The number of aromatic nitrogens is 2. The highest BCUT2D eigenvalue weighted by atomic mass is 16.4. The molecule has 20 heavy (non-hydrogen) atoms. The van der Waals surface area contributed by atoms with Crippen LogP contribution in [-0.4, -0.2) is 61.4 Å². The van der Waals surface area contributed by atoms with E-state index in [1.165, 1.54) is 6.92 Å². The Bertz CT molecular complexity index is 388. The maximum Gasteiger partial charge on any atom is 0.109 e. The lowest BCUT2D eigenvalue weighted by Gasteiger charge is -2.24. The van der Waals surface area contributed by atoms with Crippen molar-refractivity contribution < 1.29 is 20.4 Å². The van der Waals surface area contributed by atoms with Gasteiger partial charge in [-0.2, -0.15) is 0 Å². The molecule has 114 valence electrons. The minimum Gasteiger partial charge on any atom is -0.391 e. The van der Waals surface area contributed by atoms with Crippen molar-refractivity contribution in [3.63, 3.8) is 0 Å². The molecular formula is C12H22N4O4. The summed E-state index contributed by atoms with van der Waals surface area (Å²) in [6.45, 7) is 2.06. The number of nitrogens with zero attached hydrogens (tertiary/aromatic N) is 2. The van der Waals surface area contributed by atoms with E-state index < -0.39 is 24.4 Å². The van der Waals surface area contributed by atoms with E-state index in [0.717, 1.165) is 0 Å². The second-order valence-electron chi connectivity index (χ2n) is 4.62. The van der Waals surface area contributed by atoms with E-state index in [2.05, 4.69) is 15.3 Å². The predicted octanol–water partition coefficient (Wildman–Crippen LogP) is -2.51. The molecule has 0 saturated heterocycles. The summed E-state index contributed by atoms with van der Waals surface area (Å²) in [4.78, 5) is 8.19. The van der Waals surface area contributed by atoms with Gasteiger partial charge in [0.2, 0.25) is 0 Å². The fourth-order valence-corrected chi connectivity index (χ4v) is 1.56. The minimum absolute atomic E-state index is 0.0469. The van der Waals surface area contributed by atoms with E-state index in [4.69, 9.17) is 10.8 Å². The normalized spacial score (nSPS) is 17.5. The summed E-state index contributed by atoms with van der Waals surface area (Å²) < 4.78 is 0. The lowest BCUT2D eigenvalue weighted by Crippen LogP contribution is -2.47. The second kappa shape index (κ2) is 8.20. The highest BCUT2D eigenvalue weighted by Gasteiger charge is 2.27. The Hall–Kier alpha value is -1.16. The summed E-state index contributed by atoms with van der Waals surface area (Å²) in [6, 6.07) is 0. The van der Waals surface area contributed by atoms with Crippen LogP contribution in [0.15, 0.2) is 12.4 Å². The third kappa shape index (κ3) is 5.08. The zero-order valence-electron chi connectivity index (χ0n) is 11.3. The third-order valence-electron chi connectivity index (χ3n) is 2.87. The Labute approximate surface area is 117 Å². The van der Waals surface area contributed by atoms with Gasteiger partial charge in [0.05, 0.1) is 36.0 Å². The fourth-order valence-electron chi connectivity index (χ4n) is 1.56. The highest BCUT2D eigenvalue weighted by Crippen LogP contribution is 2.04. The first-order valence-electron chi connectivity index (χ1n) is 6.38. The smallest absolute Gasteiger partial charge is 0.109 e. The summed E-state index contributed by atoms with van der Waals surface area (Å²) >= 11 is 0. The molecule has 1 rings (SSSR count). The van der Waals surface area contributed by atoms with E-state index in [1.54, 1.807) is 12.4 Å². The Morgan fingerprint density at radius 3 is 2.20 bits per heavy atom. The maximum absolute atomic E-state index is 9.66. The zero-order valence-corrected chi connectivity index (χ0v) is 11.3. The van der Waals surface area contributed by atoms with Crippen molar-refractivity contribution in [1.82, 2.24) is 15.3 Å². The van der Waals surface area contributed by atoms with E-state index >= 15 is 0 Å². The Balaban J connectivity index is 2.35. The number of rotatable bonds is 8. The van der Waals surface area contributed by atoms with Crippen molar-refractivity contribution in [2.45, 2.75) is 44.4 Å². The monoisotopic (exact) mass is 286 g/mol. The molecule has 1 aromatic heterocycles. The number of aliphatic hydroxyl groups is 4. The topological polar surface area (TPSA) is 145 Å². The summed E-state index contributed by atoms with van der Waals surface area (Å²) in [5.41, 5.74) is 6.75. The quantitative estimate of drug-likeness (QED) is 0.307. The standard InChI is InChI=1S/C12H22N4O4/c1-7(17)11(19)12(20)10(18)6-14-3-9-5-15-8(2-13)4-16-9/h4-5,7,10-12,14,17-20H,2-3,6,13H2,1H3/t7-,10+,11-,12-/m1/s1. The van der Waals surface area contributed by atoms with Crippen LogP contribution in [0.2, 0.25) is 0 Å². The van der Waals surface area contributed by atoms with Crippen molar-refractivity contribution >= 4 is 0 Å². The molecule has 0 aliphatic rings. The van der Waals surface area contributed by atoms with Gasteiger partial charge in [-0.25, -0.2) is 0 Å². The van der Waals surface area contributed by atoms with Crippen LogP contribution in [0.4, 0.5) is 0 Å². The van der Waals surface area contributed by atoms with Crippen LogP contribution in [0.3, 0.4) is 0 Å². The van der Waals surface area contributed by atoms with Crippen LogP contribution < -0.4 is 11.1 Å². The molecule has 0 radical (unpaired) electrons. The number of aliphatic hydroxyl groups excluding tert-OH is 4. The molecule has 0 aliphatic carbocycles. The first-order chi connectivity index (χ1) is 9.45. The average Bonchev–Trinajstić information content (AvgIpc) is 2.46. The molecule has 0 amide bonds. The van der Waals surface area contributed by atoms with E-state index in [-0.39, 0.29) is 6.54 Å². The van der Waals surface area contributed by atoms with Crippen LogP contribution in [0.1, 0.15) is 18.3 Å². The largest absolute Gasteiger partial charge is 0.391 e. The third-order valence-corrected chi connectivity index (χ3v) is 2.87. The molecule has 8 heteroatoms. The molecule has 1 heterocycles. The van der Waals surface area contributed by atoms with Gasteiger partial charge in [0.15, 0.2) is 0 Å². The Morgan fingerprint density at radius 2 is 1.70 bits per heavy atom. The minimum atomic E-state index is -1.42. The first-order valence-corrected chi connectivity index (χ1v) is 6.38. The molecule has 0 saturated carbocycles. The number of nitrogens with two attached hydrogens (primary N) is 1. The summed E-state index contributed by atoms with van der Waals surface area (Å²) in [5, 5.41) is 40.7. The zero-order chi connectivity index (χ0) is 15.1. The van der Waals surface area contributed by atoms with Crippen molar-refractivity contribution in [2.75, 3.05) is 6.54 Å². The van der Waals surface area contributed by atoms with Crippen molar-refractivity contribution in [1.29, 1.82) is 0 Å². The number of nitrogens with one attached hydrogen (secondary N) is 1. The molecule has 8 nitrogen and oxygen atoms in total. The van der Waals surface area contributed by atoms with Gasteiger partial charge in [-0.3, -0.25) is 9.97 Å². The molecule has 0 unspecified atom stereocenters. The van der Waals surface area contributed by atoms with Gasteiger partial charge in [0.25, 0.3) is 0 Å². The molecule has 0 aromatic carbocycles. The van der Waals surface area contributed by atoms with Crippen molar-refractivity contribution in [3.05, 3.63) is 23.8 Å². The lowest BCUT2D eigenvalue weighted by molar-refractivity contribution is -0.0987. The van der Waals surface area contributed by atoms with Crippen LogP contribution >= 0.6 is 0 Å². The molecule has 0 aliphatic heterocycles. The average molecular weight is 286 g/mol. The Kier molecular flexibility index (Phi) is 6.93. The van der Waals surface area contributed by atoms with Gasteiger partial charge < -0.3 is 31.5 Å². The van der Waals surface area contributed by atoms with Crippen LogP contribution in [0.25, 0.3) is 0 Å². The van der Waals surface area contributed by atoms with Crippen LogP contribution in [0, 0.1) is 0 Å². The number of hydrogen-bond acceptors (Lipinski definition) is 8. The molecular weight excluding hydrogens is 264 g/mol. The van der Waals surface area contributed by atoms with Crippen LogP contribution in [0.5, 0.6) is 0 Å². The summed E-state index contributed by atoms with van der Waals surface area (Å²) in [6.07, 6.45) is -1.99. The van der Waals surface area contributed by atoms with Gasteiger partial charge in [0.1, 0.15) is 12.2 Å². The summed E-state index contributed by atoms with van der Waals surface area (Å²) in [5.74, 6) is 0. The van der Waals surface area contributed by atoms with Gasteiger partial charge in [-0.05, 0) is 6.92 Å². The summed E-state index contributed by atoms with van der Waals surface area (Å²) in [7, 11) is 0. The van der Waals surface area contributed by atoms with Crippen molar-refractivity contribution in [3.8, 4) is 0 Å². The molecule has 0 spiro atoms. The SMILES string of the molecule is C[C@@H](O)[C@@H](O)[C@H](O)[C@@H](O)CNCc1cnc(CN)cn1. The molecule has 4 atom stereocenters. The van der Waals surface area contributed by atoms with Crippen molar-refractivity contribution in [2.24, 2.45) is 5.73 Å². The number of hydrogen-bond donors (Lipinski definition) is 6. The van der Waals surface area contributed by atoms with E-state index in [1.807, 2.05) is 0 Å². The molecule has 7 N–H and O–H groups in total. The first kappa shape index (κ1) is 16.9. The second-order valence-corrected chi connectivity index (χ2v) is 4.62. The van der Waals surface area contributed by atoms with Gasteiger partial charge >= 0.3 is 0 Å². The maximum atomic E-state index is 9.66. The molecule has 0 bridgehead atoms. The Morgan fingerprint density at radius 1 is 1.10 bits per heavy atom. The molecule has 0 fully saturated rings. The van der Waals surface area contributed by atoms with Gasteiger partial charge in [-0.1, -0.05) is 0 Å². The van der Waals surface area contributed by atoms with E-state index in [0.29, 0.717) is 24.5 Å². The highest BCUT2D eigenvalue weighted by molar-refractivity contribution is 5.01. The predicted molar refractivity (Wildman–Crippen MR) is 71.3 cm³/mol. The van der Waals surface area contributed by atoms with Gasteiger partial charge in [-0.15, -0.1) is 0 Å². The molecule has 1 aromatic rings. The lowest BCUT2D eigenvalue weighted by atomic mass is 10.0. The van der Waals surface area contributed by atoms with Gasteiger partial charge in [0, 0.05) is 19.6 Å². The fraction of sp³-hybridized carbons (Fsp3) is 0.667. The van der Waals surface area contributed by atoms with Crippen LogP contribution in [-0.2, 0) is 13.1 Å².